The van der Waals surface area contributed by atoms with Gasteiger partial charge < -0.3 is 9.84 Å². The molecule has 0 radical (unpaired) electrons. The lowest BCUT2D eigenvalue weighted by molar-refractivity contribution is -0.404. The van der Waals surface area contributed by atoms with Crippen molar-refractivity contribution in [3.8, 4) is 0 Å². The minimum absolute atomic E-state index is 0.254. The van der Waals surface area contributed by atoms with Crippen LogP contribution in [0, 0.1) is 0 Å². The van der Waals surface area contributed by atoms with Crippen LogP contribution < -0.4 is 0 Å². The molecule has 0 aliphatic carbocycles. The second-order valence-corrected chi connectivity index (χ2v) is 7.88. The molecule has 0 spiro atoms. The van der Waals surface area contributed by atoms with Gasteiger partial charge in [0.05, 0.1) is 0 Å². The van der Waals surface area contributed by atoms with Gasteiger partial charge >= 0.3 is 11.9 Å². The summed E-state index contributed by atoms with van der Waals surface area (Å²) in [5.41, 5.74) is -3.42. The molecule has 0 aromatic carbocycles. The molecule has 0 saturated carbocycles. The molecule has 1 N–H and O–H groups in total. The number of rotatable bonds is 13. The van der Waals surface area contributed by atoms with Crippen LogP contribution >= 0.6 is 0 Å². The van der Waals surface area contributed by atoms with Crippen LogP contribution in [0.25, 0.3) is 0 Å². The van der Waals surface area contributed by atoms with E-state index in [4.69, 9.17) is 14.5 Å². The van der Waals surface area contributed by atoms with Crippen molar-refractivity contribution in [1.29, 1.82) is 0 Å². The van der Waals surface area contributed by atoms with E-state index in [-0.39, 0.29) is 6.42 Å². The zero-order chi connectivity index (χ0) is 20.4. The first kappa shape index (κ1) is 24.9. The van der Waals surface area contributed by atoms with E-state index in [1.807, 2.05) is 20.8 Å². The van der Waals surface area contributed by atoms with Crippen molar-refractivity contribution in [1.82, 2.24) is 0 Å². The van der Waals surface area contributed by atoms with Crippen molar-refractivity contribution < 1.29 is 29.2 Å². The maximum Gasteiger partial charge on any atom is 0.342 e. The minimum atomic E-state index is -1.45. The Hall–Kier alpha value is -1.14. The van der Waals surface area contributed by atoms with E-state index in [0.717, 1.165) is 19.3 Å². The number of carbonyl (C=O) groups excluding carboxylic acids is 1. The van der Waals surface area contributed by atoms with Crippen LogP contribution in [0.4, 0.5) is 0 Å². The molecule has 2 atom stereocenters. The topological polar surface area (TPSA) is 82.1 Å². The summed E-state index contributed by atoms with van der Waals surface area (Å²) in [7, 11) is 0. The third-order valence-electron chi connectivity index (χ3n) is 4.53. The summed E-state index contributed by atoms with van der Waals surface area (Å²) in [4.78, 5) is 35.9. The third-order valence-corrected chi connectivity index (χ3v) is 4.53. The summed E-state index contributed by atoms with van der Waals surface area (Å²) in [5, 5.41) is 9.70. The summed E-state index contributed by atoms with van der Waals surface area (Å²) in [6, 6.07) is 0. The van der Waals surface area contributed by atoms with Gasteiger partial charge in [-0.05, 0) is 46.5 Å². The van der Waals surface area contributed by atoms with Crippen LogP contribution in [0.3, 0.4) is 0 Å². The fourth-order valence-electron chi connectivity index (χ4n) is 2.58. The number of hydrogen-bond donors (Lipinski definition) is 1. The van der Waals surface area contributed by atoms with Gasteiger partial charge in [-0.15, -0.1) is 0 Å². The zero-order valence-corrected chi connectivity index (χ0v) is 17.6. The molecule has 0 aromatic rings. The highest BCUT2D eigenvalue weighted by Crippen LogP contribution is 2.32. The summed E-state index contributed by atoms with van der Waals surface area (Å²) < 4.78 is 5.54. The molecule has 0 aromatic heterocycles. The maximum absolute atomic E-state index is 12.8. The Balaban J connectivity index is 5.55. The number of ether oxygens (including phenoxy) is 1. The second-order valence-electron chi connectivity index (χ2n) is 7.88. The molecule has 0 fully saturated rings. The predicted molar refractivity (Wildman–Crippen MR) is 101 cm³/mol. The Kier molecular flexibility index (Phi) is 10.4. The number of unbranched alkanes of at least 4 members (excludes halogenated alkanes) is 2. The lowest BCUT2D eigenvalue weighted by Gasteiger charge is -2.36. The zero-order valence-electron chi connectivity index (χ0n) is 17.6. The van der Waals surface area contributed by atoms with E-state index in [1.54, 1.807) is 27.7 Å². The molecule has 0 saturated heterocycles. The summed E-state index contributed by atoms with van der Waals surface area (Å²) in [5.74, 6) is -1.58. The number of hydrogen-bond acceptors (Lipinski definition) is 5. The van der Waals surface area contributed by atoms with Crippen LogP contribution in [0.1, 0.15) is 99.8 Å². The number of carboxylic acids is 1. The molecule has 0 rings (SSSR count). The van der Waals surface area contributed by atoms with E-state index in [1.165, 1.54) is 0 Å². The molecule has 0 aliphatic heterocycles. The van der Waals surface area contributed by atoms with E-state index in [0.29, 0.717) is 25.7 Å². The first-order valence-corrected chi connectivity index (χ1v) is 9.86. The molecule has 2 unspecified atom stereocenters. The van der Waals surface area contributed by atoms with Gasteiger partial charge in [-0.1, -0.05) is 53.4 Å². The first-order chi connectivity index (χ1) is 12.0. The lowest BCUT2D eigenvalue weighted by atomic mass is 9.93. The van der Waals surface area contributed by atoms with E-state index in [9.17, 15) is 14.7 Å². The van der Waals surface area contributed by atoms with E-state index in [2.05, 4.69) is 0 Å². The fraction of sp³-hybridized carbons (Fsp3) is 0.900. The summed E-state index contributed by atoms with van der Waals surface area (Å²) >= 11 is 0. The fourth-order valence-corrected chi connectivity index (χ4v) is 2.58. The predicted octanol–water partition coefficient (Wildman–Crippen LogP) is 5.04. The molecular weight excluding hydrogens is 336 g/mol. The standard InChI is InChI=1S/C20H38O6/c1-8-12-14-19(10-3,16(21)22)25-26-20(11-4,15-13-9-2)17(23)24-18(5,6)7/h8-15H2,1-7H3,(H,21,22). The van der Waals surface area contributed by atoms with Crippen molar-refractivity contribution in [2.45, 2.75) is 117 Å². The molecule has 0 heterocycles. The molecular formula is C20H38O6. The lowest BCUT2D eigenvalue weighted by Crippen LogP contribution is -2.50. The van der Waals surface area contributed by atoms with Gasteiger partial charge in [-0.2, -0.15) is 0 Å². The van der Waals surface area contributed by atoms with Crippen molar-refractivity contribution in [3.05, 3.63) is 0 Å². The van der Waals surface area contributed by atoms with Crippen LogP contribution in [0.15, 0.2) is 0 Å². The number of esters is 1. The Morgan fingerprint density at radius 1 is 0.808 bits per heavy atom. The van der Waals surface area contributed by atoms with Gasteiger partial charge in [0, 0.05) is 0 Å². The normalized spacial score (nSPS) is 16.6. The average molecular weight is 375 g/mol. The minimum Gasteiger partial charge on any atom is -0.479 e. The largest absolute Gasteiger partial charge is 0.479 e. The highest BCUT2D eigenvalue weighted by molar-refractivity contribution is 5.80. The summed E-state index contributed by atoms with van der Waals surface area (Å²) in [6.45, 7) is 13.0. The molecule has 0 amide bonds. The van der Waals surface area contributed by atoms with Gasteiger partial charge in [-0.25, -0.2) is 19.4 Å². The van der Waals surface area contributed by atoms with E-state index >= 15 is 0 Å². The van der Waals surface area contributed by atoms with Crippen molar-refractivity contribution in [2.75, 3.05) is 0 Å². The van der Waals surface area contributed by atoms with Gasteiger partial charge in [-0.3, -0.25) is 0 Å². The van der Waals surface area contributed by atoms with Gasteiger partial charge in [0.15, 0.2) is 11.2 Å². The van der Waals surface area contributed by atoms with Crippen LogP contribution in [-0.2, 0) is 24.1 Å². The van der Waals surface area contributed by atoms with Gasteiger partial charge in [0.2, 0.25) is 0 Å². The highest BCUT2D eigenvalue weighted by Gasteiger charge is 2.47. The SMILES string of the molecule is CCCCC(CC)(OOC(CC)(CCCC)C(=O)OC(C)(C)C)C(=O)O. The van der Waals surface area contributed by atoms with Crippen molar-refractivity contribution in [3.63, 3.8) is 0 Å². The number of carbonyl (C=O) groups is 2. The molecule has 6 nitrogen and oxygen atoms in total. The number of aliphatic carboxylic acids is 1. The van der Waals surface area contributed by atoms with Crippen LogP contribution in [0.2, 0.25) is 0 Å². The smallest absolute Gasteiger partial charge is 0.342 e. The Morgan fingerprint density at radius 3 is 1.58 bits per heavy atom. The van der Waals surface area contributed by atoms with E-state index < -0.39 is 28.7 Å². The third kappa shape index (κ3) is 7.23. The summed E-state index contributed by atoms with van der Waals surface area (Å²) in [6.07, 6.45) is 4.51. The Bertz CT molecular complexity index is 442. The highest BCUT2D eigenvalue weighted by atomic mass is 17.2. The number of carboxylic acid groups (broad SMARTS) is 1. The Morgan fingerprint density at radius 2 is 1.23 bits per heavy atom. The monoisotopic (exact) mass is 374 g/mol. The van der Waals surface area contributed by atoms with Crippen molar-refractivity contribution >= 4 is 11.9 Å². The average Bonchev–Trinajstić information content (AvgIpc) is 2.56. The molecule has 0 bridgehead atoms. The second kappa shape index (κ2) is 10.9. The first-order valence-electron chi connectivity index (χ1n) is 9.86. The van der Waals surface area contributed by atoms with Gasteiger partial charge in [0.25, 0.3) is 0 Å². The van der Waals surface area contributed by atoms with Crippen LogP contribution in [-0.4, -0.2) is 33.8 Å². The maximum atomic E-state index is 12.8. The molecule has 6 heteroatoms. The van der Waals surface area contributed by atoms with Crippen molar-refractivity contribution in [2.24, 2.45) is 0 Å². The molecule has 0 aliphatic rings. The quantitative estimate of drug-likeness (QED) is 0.276. The van der Waals surface area contributed by atoms with Crippen LogP contribution in [0.5, 0.6) is 0 Å². The molecule has 154 valence electrons. The molecule has 26 heavy (non-hydrogen) atoms. The Labute approximate surface area is 158 Å². The van der Waals surface area contributed by atoms with Gasteiger partial charge in [0.1, 0.15) is 5.60 Å².